The normalized spacial score (nSPS) is 20.9. The zero-order valence-electron chi connectivity index (χ0n) is 10.2. The van der Waals surface area contributed by atoms with Crippen molar-refractivity contribution in [2.45, 2.75) is 17.7 Å². The Morgan fingerprint density at radius 1 is 1.42 bits per heavy atom. The SMILES string of the molecule is O=S(=O)(c1ccc(Br)cc1F)N1CCC(CCBr)C1. The molecule has 1 fully saturated rings. The average molecular weight is 415 g/mol. The first-order valence-electron chi connectivity index (χ1n) is 5.96. The predicted molar refractivity (Wildman–Crippen MR) is 79.4 cm³/mol. The predicted octanol–water partition coefficient (Wildman–Crippen LogP) is 3.38. The molecule has 1 heterocycles. The Morgan fingerprint density at radius 3 is 2.79 bits per heavy atom. The summed E-state index contributed by atoms with van der Waals surface area (Å²) in [6, 6.07) is 4.04. The minimum absolute atomic E-state index is 0.241. The third kappa shape index (κ3) is 3.37. The summed E-state index contributed by atoms with van der Waals surface area (Å²) in [5, 5.41) is 0.859. The standard InChI is InChI=1S/C12H14Br2FNO2S/c13-5-3-9-4-6-16(8-9)19(17,18)12-2-1-10(14)7-11(12)15/h1-2,7,9H,3-6,8H2. The Kier molecular flexibility index (Phi) is 5.03. The lowest BCUT2D eigenvalue weighted by Gasteiger charge is -2.17. The quantitative estimate of drug-likeness (QED) is 0.708. The molecule has 0 bridgehead atoms. The molecular formula is C12H14Br2FNO2S. The summed E-state index contributed by atoms with van der Waals surface area (Å²) in [5.41, 5.74) is 0. The summed E-state index contributed by atoms with van der Waals surface area (Å²) in [4.78, 5) is -0.241. The minimum Gasteiger partial charge on any atom is -0.207 e. The largest absolute Gasteiger partial charge is 0.245 e. The molecule has 0 aromatic heterocycles. The molecule has 1 atom stereocenters. The van der Waals surface area contributed by atoms with E-state index in [1.807, 2.05) is 0 Å². The fraction of sp³-hybridized carbons (Fsp3) is 0.500. The van der Waals surface area contributed by atoms with Crippen molar-refractivity contribution in [1.29, 1.82) is 0 Å². The third-order valence-electron chi connectivity index (χ3n) is 3.28. The lowest BCUT2D eigenvalue weighted by atomic mass is 10.1. The molecule has 1 aromatic rings. The Balaban J connectivity index is 2.23. The second kappa shape index (κ2) is 6.20. The second-order valence-electron chi connectivity index (χ2n) is 4.57. The fourth-order valence-electron chi connectivity index (χ4n) is 2.23. The van der Waals surface area contributed by atoms with Crippen LogP contribution in [0.5, 0.6) is 0 Å². The van der Waals surface area contributed by atoms with Gasteiger partial charge < -0.3 is 0 Å². The van der Waals surface area contributed by atoms with Crippen LogP contribution in [0.25, 0.3) is 0 Å². The van der Waals surface area contributed by atoms with Gasteiger partial charge in [-0.25, -0.2) is 12.8 Å². The highest BCUT2D eigenvalue weighted by Gasteiger charge is 2.33. The van der Waals surface area contributed by atoms with Crippen LogP contribution in [0, 0.1) is 11.7 Å². The van der Waals surface area contributed by atoms with E-state index in [2.05, 4.69) is 31.9 Å². The highest BCUT2D eigenvalue weighted by Crippen LogP contribution is 2.28. The van der Waals surface area contributed by atoms with Gasteiger partial charge in [0, 0.05) is 22.9 Å². The number of halogens is 3. The van der Waals surface area contributed by atoms with Crippen LogP contribution >= 0.6 is 31.9 Å². The van der Waals surface area contributed by atoms with E-state index in [-0.39, 0.29) is 4.90 Å². The third-order valence-corrected chi connectivity index (χ3v) is 6.13. The molecule has 0 saturated carbocycles. The van der Waals surface area contributed by atoms with Crippen LogP contribution in [0.15, 0.2) is 27.6 Å². The first-order valence-corrected chi connectivity index (χ1v) is 9.32. The molecule has 106 valence electrons. The first kappa shape index (κ1) is 15.4. The molecule has 1 aliphatic rings. The summed E-state index contributed by atoms with van der Waals surface area (Å²) in [5.74, 6) is -0.356. The van der Waals surface area contributed by atoms with Gasteiger partial charge in [-0.3, -0.25) is 0 Å². The number of alkyl halides is 1. The number of rotatable bonds is 4. The lowest BCUT2D eigenvalue weighted by molar-refractivity contribution is 0.449. The van der Waals surface area contributed by atoms with E-state index in [1.54, 1.807) is 6.07 Å². The maximum atomic E-state index is 13.8. The number of hydrogen-bond acceptors (Lipinski definition) is 2. The highest BCUT2D eigenvalue weighted by molar-refractivity contribution is 9.10. The molecular weight excluding hydrogens is 401 g/mol. The van der Waals surface area contributed by atoms with Crippen LogP contribution in [0.4, 0.5) is 4.39 Å². The van der Waals surface area contributed by atoms with Crippen molar-refractivity contribution in [1.82, 2.24) is 4.31 Å². The van der Waals surface area contributed by atoms with Crippen molar-refractivity contribution in [2.24, 2.45) is 5.92 Å². The summed E-state index contributed by atoms with van der Waals surface area (Å²) in [7, 11) is -3.72. The topological polar surface area (TPSA) is 37.4 Å². The van der Waals surface area contributed by atoms with Crippen molar-refractivity contribution < 1.29 is 12.8 Å². The monoisotopic (exact) mass is 413 g/mol. The lowest BCUT2D eigenvalue weighted by Crippen LogP contribution is -2.29. The Bertz CT molecular complexity index is 565. The summed E-state index contributed by atoms with van der Waals surface area (Å²) in [6.07, 6.45) is 1.78. The minimum atomic E-state index is -3.72. The van der Waals surface area contributed by atoms with E-state index in [0.717, 1.165) is 18.2 Å². The van der Waals surface area contributed by atoms with Gasteiger partial charge in [0.25, 0.3) is 0 Å². The molecule has 19 heavy (non-hydrogen) atoms. The van der Waals surface area contributed by atoms with Gasteiger partial charge in [-0.2, -0.15) is 4.31 Å². The van der Waals surface area contributed by atoms with E-state index in [4.69, 9.17) is 0 Å². The Labute approximate surface area is 129 Å². The molecule has 7 heteroatoms. The second-order valence-corrected chi connectivity index (χ2v) is 8.19. The molecule has 3 nitrogen and oxygen atoms in total. The van der Waals surface area contributed by atoms with Crippen LogP contribution in [0.3, 0.4) is 0 Å². The van der Waals surface area contributed by atoms with E-state index in [9.17, 15) is 12.8 Å². The molecule has 1 unspecified atom stereocenters. The molecule has 0 aliphatic carbocycles. The molecule has 0 spiro atoms. The van der Waals surface area contributed by atoms with E-state index < -0.39 is 15.8 Å². The molecule has 2 rings (SSSR count). The molecule has 0 radical (unpaired) electrons. The van der Waals surface area contributed by atoms with Crippen molar-refractivity contribution in [2.75, 3.05) is 18.4 Å². The molecule has 1 aliphatic heterocycles. The Morgan fingerprint density at radius 2 is 2.16 bits per heavy atom. The van der Waals surface area contributed by atoms with E-state index >= 15 is 0 Å². The maximum Gasteiger partial charge on any atom is 0.245 e. The van der Waals surface area contributed by atoms with E-state index in [1.165, 1.54) is 16.4 Å². The summed E-state index contributed by atoms with van der Waals surface area (Å²) in [6.45, 7) is 0.943. The van der Waals surface area contributed by atoms with Crippen molar-refractivity contribution in [3.05, 3.63) is 28.5 Å². The van der Waals surface area contributed by atoms with Crippen LogP contribution in [0.1, 0.15) is 12.8 Å². The Hall–Kier alpha value is 0.0200. The molecule has 0 N–H and O–H groups in total. The maximum absolute atomic E-state index is 13.8. The zero-order chi connectivity index (χ0) is 14.0. The van der Waals surface area contributed by atoms with Gasteiger partial charge in [0.2, 0.25) is 10.0 Å². The summed E-state index contributed by atoms with van der Waals surface area (Å²) >= 11 is 6.48. The van der Waals surface area contributed by atoms with Gasteiger partial charge in [0.15, 0.2) is 0 Å². The molecule has 1 saturated heterocycles. The van der Waals surface area contributed by atoms with Gasteiger partial charge >= 0.3 is 0 Å². The van der Waals surface area contributed by atoms with Crippen LogP contribution in [0.2, 0.25) is 0 Å². The van der Waals surface area contributed by atoms with Gasteiger partial charge in [-0.05, 0) is 37.0 Å². The van der Waals surface area contributed by atoms with Crippen molar-refractivity contribution >= 4 is 41.9 Å². The summed E-state index contributed by atoms with van der Waals surface area (Å²) < 4.78 is 40.5. The van der Waals surface area contributed by atoms with Crippen molar-refractivity contribution in [3.63, 3.8) is 0 Å². The molecule has 1 aromatic carbocycles. The van der Waals surface area contributed by atoms with Gasteiger partial charge in [-0.1, -0.05) is 31.9 Å². The zero-order valence-corrected chi connectivity index (χ0v) is 14.1. The van der Waals surface area contributed by atoms with Crippen LogP contribution < -0.4 is 0 Å². The number of sulfonamides is 1. The number of hydrogen-bond donors (Lipinski definition) is 0. The average Bonchev–Trinajstić information content (AvgIpc) is 2.78. The first-order chi connectivity index (χ1) is 8.95. The van der Waals surface area contributed by atoms with Gasteiger partial charge in [0.1, 0.15) is 10.7 Å². The van der Waals surface area contributed by atoms with Crippen LogP contribution in [-0.4, -0.2) is 31.1 Å². The highest BCUT2D eigenvalue weighted by atomic mass is 79.9. The van der Waals surface area contributed by atoms with Gasteiger partial charge in [0.05, 0.1) is 0 Å². The smallest absolute Gasteiger partial charge is 0.207 e. The number of nitrogens with zero attached hydrogens (tertiary/aromatic N) is 1. The number of benzene rings is 1. The van der Waals surface area contributed by atoms with Gasteiger partial charge in [-0.15, -0.1) is 0 Å². The van der Waals surface area contributed by atoms with Crippen LogP contribution in [-0.2, 0) is 10.0 Å². The molecule has 0 amide bonds. The van der Waals surface area contributed by atoms with Crippen molar-refractivity contribution in [3.8, 4) is 0 Å². The van der Waals surface area contributed by atoms with E-state index in [0.29, 0.717) is 23.5 Å². The fourth-order valence-corrected chi connectivity index (χ4v) is 4.79.